The van der Waals surface area contributed by atoms with E-state index in [4.69, 9.17) is 5.11 Å². The molecule has 0 rings (SSSR count). The normalized spacial score (nSPS) is 8.64. The molecule has 0 spiro atoms. The largest absolute Gasteiger partial charge is 0.477 e. The molecule has 0 amide bonds. The first-order valence-corrected chi connectivity index (χ1v) is 2.99. The zero-order chi connectivity index (χ0) is 9.02. The fourth-order valence-corrected chi connectivity index (χ4v) is 0.607. The quantitative estimate of drug-likeness (QED) is 0.276. The van der Waals surface area contributed by atoms with Crippen LogP contribution in [0.1, 0.15) is 13.8 Å². The van der Waals surface area contributed by atoms with Crippen LogP contribution in [0.25, 0.3) is 0 Å². The Morgan fingerprint density at radius 3 is 1.82 bits per heavy atom. The zero-order valence-corrected chi connectivity index (χ0v) is 6.67. The van der Waals surface area contributed by atoms with Crippen molar-refractivity contribution in [3.05, 3.63) is 11.1 Å². The fourth-order valence-electron chi connectivity index (χ4n) is 0.607. The molecule has 0 aromatic rings. The maximum absolute atomic E-state index is 10.7. The summed E-state index contributed by atoms with van der Waals surface area (Å²) in [4.78, 5) is 21.1. The van der Waals surface area contributed by atoms with E-state index in [0.29, 0.717) is 5.57 Å². The Hall–Kier alpha value is -1.32. The number of hydrogen-bond donors (Lipinski definition) is 1. The van der Waals surface area contributed by atoms with Gasteiger partial charge in [-0.05, 0) is 13.8 Å². The summed E-state index contributed by atoms with van der Waals surface area (Å²) in [5, 5.41) is 8.49. The molecule has 0 unspecified atom stereocenters. The minimum atomic E-state index is -1.25. The Kier molecular flexibility index (Phi) is 3.30. The van der Waals surface area contributed by atoms with Crippen LogP contribution in [0.2, 0.25) is 0 Å². The van der Waals surface area contributed by atoms with Crippen molar-refractivity contribution in [2.24, 2.45) is 0 Å². The van der Waals surface area contributed by atoms with Gasteiger partial charge in [0.1, 0.15) is 5.57 Å². The third kappa shape index (κ3) is 2.41. The third-order valence-electron chi connectivity index (χ3n) is 1.10. The van der Waals surface area contributed by atoms with Crippen molar-refractivity contribution in [1.82, 2.24) is 0 Å². The van der Waals surface area contributed by atoms with E-state index in [0.717, 1.165) is 7.11 Å². The number of carboxylic acid groups (broad SMARTS) is 1. The number of methoxy groups -OCH3 is 1. The van der Waals surface area contributed by atoms with E-state index in [-0.39, 0.29) is 5.57 Å². The van der Waals surface area contributed by atoms with Crippen LogP contribution in [0, 0.1) is 0 Å². The molecular formula is C7H10O4. The summed E-state index contributed by atoms with van der Waals surface area (Å²) in [6.45, 7) is 3.08. The van der Waals surface area contributed by atoms with Crippen molar-refractivity contribution in [2.45, 2.75) is 13.8 Å². The molecule has 0 aliphatic rings. The Morgan fingerprint density at radius 2 is 1.73 bits per heavy atom. The number of aliphatic carboxylic acids is 1. The molecule has 0 aromatic heterocycles. The summed E-state index contributed by atoms with van der Waals surface area (Å²) in [6, 6.07) is 0. The van der Waals surface area contributed by atoms with Crippen LogP contribution in [0.15, 0.2) is 11.1 Å². The van der Waals surface area contributed by atoms with Crippen molar-refractivity contribution in [1.29, 1.82) is 0 Å². The molecule has 4 nitrogen and oxygen atoms in total. The molecule has 0 saturated heterocycles. The van der Waals surface area contributed by atoms with Crippen molar-refractivity contribution in [3.63, 3.8) is 0 Å². The predicted molar refractivity (Wildman–Crippen MR) is 38.0 cm³/mol. The average Bonchev–Trinajstić information content (AvgIpc) is 1.85. The van der Waals surface area contributed by atoms with Crippen LogP contribution in [-0.4, -0.2) is 24.2 Å². The molecule has 62 valence electrons. The lowest BCUT2D eigenvalue weighted by Crippen LogP contribution is -2.14. The van der Waals surface area contributed by atoms with Gasteiger partial charge in [-0.2, -0.15) is 0 Å². The van der Waals surface area contributed by atoms with Gasteiger partial charge >= 0.3 is 11.9 Å². The molecule has 0 bridgehead atoms. The molecule has 0 aliphatic carbocycles. The number of ether oxygens (including phenoxy) is 1. The third-order valence-corrected chi connectivity index (χ3v) is 1.10. The molecule has 11 heavy (non-hydrogen) atoms. The number of carbonyl (C=O) groups is 2. The molecule has 0 aromatic carbocycles. The lowest BCUT2D eigenvalue weighted by molar-refractivity contribution is -0.142. The van der Waals surface area contributed by atoms with Gasteiger partial charge in [-0.15, -0.1) is 0 Å². The SMILES string of the molecule is COC(=O)C(C(=O)O)=C(C)C. The first-order valence-electron chi connectivity index (χ1n) is 2.99. The lowest BCUT2D eigenvalue weighted by Gasteiger charge is -2.00. The molecule has 4 heteroatoms. The van der Waals surface area contributed by atoms with E-state index >= 15 is 0 Å². The van der Waals surface area contributed by atoms with Gasteiger partial charge in [0.15, 0.2) is 0 Å². The van der Waals surface area contributed by atoms with Gasteiger partial charge in [-0.1, -0.05) is 5.57 Å². The van der Waals surface area contributed by atoms with E-state index in [1.165, 1.54) is 0 Å². The van der Waals surface area contributed by atoms with Crippen LogP contribution in [0.4, 0.5) is 0 Å². The topological polar surface area (TPSA) is 63.6 Å². The Morgan fingerprint density at radius 1 is 1.27 bits per heavy atom. The zero-order valence-electron chi connectivity index (χ0n) is 6.67. The maximum Gasteiger partial charge on any atom is 0.345 e. The highest BCUT2D eigenvalue weighted by Gasteiger charge is 2.18. The summed E-state index contributed by atoms with van der Waals surface area (Å²) in [5.74, 6) is -2.06. The van der Waals surface area contributed by atoms with E-state index < -0.39 is 11.9 Å². The highest BCUT2D eigenvalue weighted by Crippen LogP contribution is 2.04. The minimum absolute atomic E-state index is 0.299. The van der Waals surface area contributed by atoms with Gasteiger partial charge in [-0.3, -0.25) is 0 Å². The number of carboxylic acids is 1. The van der Waals surface area contributed by atoms with Crippen LogP contribution < -0.4 is 0 Å². The van der Waals surface area contributed by atoms with Crippen molar-refractivity contribution >= 4 is 11.9 Å². The minimum Gasteiger partial charge on any atom is -0.477 e. The Bertz CT molecular complexity index is 210. The molecule has 0 fully saturated rings. The van der Waals surface area contributed by atoms with Gasteiger partial charge < -0.3 is 9.84 Å². The van der Waals surface area contributed by atoms with Crippen molar-refractivity contribution in [3.8, 4) is 0 Å². The highest BCUT2D eigenvalue weighted by molar-refractivity contribution is 6.13. The Balaban J connectivity index is 4.79. The van der Waals surface area contributed by atoms with Gasteiger partial charge in [0.05, 0.1) is 7.11 Å². The first kappa shape index (κ1) is 9.68. The molecule has 0 aliphatic heterocycles. The van der Waals surface area contributed by atoms with Gasteiger partial charge in [0.2, 0.25) is 0 Å². The highest BCUT2D eigenvalue weighted by atomic mass is 16.5. The summed E-state index contributed by atoms with van der Waals surface area (Å²) in [7, 11) is 1.15. The second kappa shape index (κ2) is 3.75. The van der Waals surface area contributed by atoms with Crippen molar-refractivity contribution < 1.29 is 19.4 Å². The summed E-state index contributed by atoms with van der Waals surface area (Å²) >= 11 is 0. The number of rotatable bonds is 2. The monoisotopic (exact) mass is 158 g/mol. The van der Waals surface area contributed by atoms with Gasteiger partial charge in [0, 0.05) is 0 Å². The molecule has 0 radical (unpaired) electrons. The molecule has 0 heterocycles. The lowest BCUT2D eigenvalue weighted by atomic mass is 10.1. The van der Waals surface area contributed by atoms with Gasteiger partial charge in [0.25, 0.3) is 0 Å². The smallest absolute Gasteiger partial charge is 0.345 e. The van der Waals surface area contributed by atoms with Crippen LogP contribution in [0.5, 0.6) is 0 Å². The number of allylic oxidation sites excluding steroid dienone is 1. The van der Waals surface area contributed by atoms with Crippen LogP contribution in [0.3, 0.4) is 0 Å². The summed E-state index contributed by atoms with van der Waals surface area (Å²) < 4.78 is 4.26. The fraction of sp³-hybridized carbons (Fsp3) is 0.429. The van der Waals surface area contributed by atoms with Crippen LogP contribution >= 0.6 is 0 Å². The summed E-state index contributed by atoms with van der Waals surface area (Å²) in [5.41, 5.74) is 0.136. The second-order valence-electron chi connectivity index (χ2n) is 2.17. The predicted octanol–water partition coefficient (Wildman–Crippen LogP) is 0.580. The average molecular weight is 158 g/mol. The van der Waals surface area contributed by atoms with Crippen molar-refractivity contribution in [2.75, 3.05) is 7.11 Å². The molecule has 0 atom stereocenters. The van der Waals surface area contributed by atoms with Gasteiger partial charge in [-0.25, -0.2) is 9.59 Å². The van der Waals surface area contributed by atoms with E-state index in [9.17, 15) is 9.59 Å². The van der Waals surface area contributed by atoms with Crippen LogP contribution in [-0.2, 0) is 14.3 Å². The Labute approximate surface area is 64.5 Å². The van der Waals surface area contributed by atoms with E-state index in [1.54, 1.807) is 13.8 Å². The number of carbonyl (C=O) groups excluding carboxylic acids is 1. The second-order valence-corrected chi connectivity index (χ2v) is 2.17. The number of hydrogen-bond acceptors (Lipinski definition) is 3. The molecule has 1 N–H and O–H groups in total. The first-order chi connectivity index (χ1) is 5.00. The number of esters is 1. The molecular weight excluding hydrogens is 148 g/mol. The van der Waals surface area contributed by atoms with E-state index in [1.807, 2.05) is 0 Å². The summed E-state index contributed by atoms with van der Waals surface area (Å²) in [6.07, 6.45) is 0. The molecule has 0 saturated carbocycles. The standard InChI is InChI=1S/C7H10O4/c1-4(2)5(6(8)9)7(10)11-3/h1-3H3,(H,8,9). The van der Waals surface area contributed by atoms with E-state index in [2.05, 4.69) is 4.74 Å². The maximum atomic E-state index is 10.7.